The van der Waals surface area contributed by atoms with Crippen molar-refractivity contribution in [1.82, 2.24) is 0 Å². The van der Waals surface area contributed by atoms with Crippen molar-refractivity contribution in [3.05, 3.63) is 0 Å². The maximum Gasteiger partial charge on any atom is 0.0528 e. The van der Waals surface area contributed by atoms with Crippen LogP contribution in [-0.4, -0.2) is 13.6 Å². The van der Waals surface area contributed by atoms with Gasteiger partial charge in [0, 0.05) is 5.54 Å². The molecule has 0 aromatic heterocycles. The van der Waals surface area contributed by atoms with Crippen molar-refractivity contribution in [1.29, 1.82) is 0 Å². The van der Waals surface area contributed by atoms with Crippen LogP contribution in [0.1, 0.15) is 41.0 Å². The van der Waals surface area contributed by atoms with Gasteiger partial charge in [-0.25, -0.2) is 0 Å². The van der Waals surface area contributed by atoms with Gasteiger partial charge in [-0.2, -0.15) is 0 Å². The molecule has 0 unspecified atom stereocenters. The summed E-state index contributed by atoms with van der Waals surface area (Å²) in [6, 6.07) is 5.70. The molecule has 0 saturated heterocycles. The monoisotopic (exact) mass is 201 g/mol. The van der Waals surface area contributed by atoms with E-state index in [2.05, 4.69) is 34.6 Å². The standard InChI is InChI=1S/C11H27NSi/c1-6-13(7-2,8-3)10-9-11(4,5)12/h6-10,12H2,1-5H3. The summed E-state index contributed by atoms with van der Waals surface area (Å²) in [5, 5.41) is 0. The molecule has 0 atom stereocenters. The highest BCUT2D eigenvalue weighted by atomic mass is 28.3. The molecule has 0 saturated carbocycles. The van der Waals surface area contributed by atoms with Crippen LogP contribution >= 0.6 is 0 Å². The van der Waals surface area contributed by atoms with Gasteiger partial charge >= 0.3 is 0 Å². The van der Waals surface area contributed by atoms with E-state index in [4.69, 9.17) is 5.73 Å². The highest BCUT2D eigenvalue weighted by Crippen LogP contribution is 2.28. The molecule has 0 heterocycles. The first-order valence-corrected chi connectivity index (χ1v) is 8.51. The van der Waals surface area contributed by atoms with E-state index in [0.717, 1.165) is 0 Å². The van der Waals surface area contributed by atoms with E-state index in [9.17, 15) is 0 Å². The Kier molecular flexibility index (Phi) is 5.23. The van der Waals surface area contributed by atoms with Crippen LogP contribution in [0, 0.1) is 0 Å². The minimum absolute atomic E-state index is 0.0394. The highest BCUT2D eigenvalue weighted by Gasteiger charge is 2.28. The van der Waals surface area contributed by atoms with Gasteiger partial charge in [0.2, 0.25) is 0 Å². The Hall–Kier alpha value is 0.177. The minimum atomic E-state index is -0.907. The number of rotatable bonds is 6. The summed E-state index contributed by atoms with van der Waals surface area (Å²) >= 11 is 0. The summed E-state index contributed by atoms with van der Waals surface area (Å²) < 4.78 is 0. The van der Waals surface area contributed by atoms with Crippen LogP contribution in [0.4, 0.5) is 0 Å². The van der Waals surface area contributed by atoms with Crippen LogP contribution in [0.25, 0.3) is 0 Å². The molecule has 0 bridgehead atoms. The Labute approximate surface area is 85.1 Å². The van der Waals surface area contributed by atoms with Crippen LogP contribution in [0.5, 0.6) is 0 Å². The first kappa shape index (κ1) is 13.2. The lowest BCUT2D eigenvalue weighted by molar-refractivity contribution is 0.497. The third-order valence-corrected chi connectivity index (χ3v) is 9.36. The summed E-state index contributed by atoms with van der Waals surface area (Å²) in [7, 11) is -0.907. The van der Waals surface area contributed by atoms with Crippen LogP contribution in [0.3, 0.4) is 0 Å². The Morgan fingerprint density at radius 3 is 1.62 bits per heavy atom. The first-order valence-electron chi connectivity index (χ1n) is 5.68. The number of hydrogen-bond donors (Lipinski definition) is 1. The summed E-state index contributed by atoms with van der Waals surface area (Å²) in [4.78, 5) is 0. The molecule has 0 fully saturated rings. The van der Waals surface area contributed by atoms with Gasteiger partial charge in [0.15, 0.2) is 0 Å². The number of nitrogens with two attached hydrogens (primary N) is 1. The Balaban J connectivity index is 4.11. The van der Waals surface area contributed by atoms with E-state index in [1.54, 1.807) is 0 Å². The fourth-order valence-electron chi connectivity index (χ4n) is 1.87. The fourth-order valence-corrected chi connectivity index (χ4v) is 5.60. The molecule has 2 N–H and O–H groups in total. The SMILES string of the molecule is CC[Si](CC)(CC)CCC(C)(C)N. The molecule has 0 aliphatic carbocycles. The zero-order valence-corrected chi connectivity index (χ0v) is 11.1. The van der Waals surface area contributed by atoms with Crippen molar-refractivity contribution in [2.24, 2.45) is 5.73 Å². The van der Waals surface area contributed by atoms with Crippen LogP contribution in [0.15, 0.2) is 0 Å². The smallest absolute Gasteiger partial charge is 0.0528 e. The molecule has 80 valence electrons. The normalized spacial score (nSPS) is 13.4. The molecular weight excluding hydrogens is 174 g/mol. The van der Waals surface area contributed by atoms with Crippen molar-refractivity contribution in [3.63, 3.8) is 0 Å². The lowest BCUT2D eigenvalue weighted by Crippen LogP contribution is -2.38. The van der Waals surface area contributed by atoms with E-state index in [1.807, 2.05) is 0 Å². The van der Waals surface area contributed by atoms with Crippen molar-refractivity contribution in [2.75, 3.05) is 0 Å². The van der Waals surface area contributed by atoms with Gasteiger partial charge in [0.05, 0.1) is 8.07 Å². The molecule has 0 aromatic carbocycles. The predicted molar refractivity (Wildman–Crippen MR) is 64.9 cm³/mol. The fraction of sp³-hybridized carbons (Fsp3) is 1.00. The lowest BCUT2D eigenvalue weighted by atomic mass is 10.0. The van der Waals surface area contributed by atoms with E-state index in [0.29, 0.717) is 0 Å². The molecule has 13 heavy (non-hydrogen) atoms. The highest BCUT2D eigenvalue weighted by molar-refractivity contribution is 6.79. The van der Waals surface area contributed by atoms with Gasteiger partial charge in [-0.15, -0.1) is 0 Å². The Morgan fingerprint density at radius 1 is 1.00 bits per heavy atom. The van der Waals surface area contributed by atoms with Crippen LogP contribution in [0.2, 0.25) is 24.2 Å². The first-order chi connectivity index (χ1) is 5.89. The van der Waals surface area contributed by atoms with Gasteiger partial charge in [0.1, 0.15) is 0 Å². The quantitative estimate of drug-likeness (QED) is 0.653. The molecule has 0 rings (SSSR count). The van der Waals surface area contributed by atoms with Crippen molar-refractivity contribution < 1.29 is 0 Å². The van der Waals surface area contributed by atoms with E-state index in [1.165, 1.54) is 30.6 Å². The Morgan fingerprint density at radius 2 is 1.38 bits per heavy atom. The molecular formula is C11H27NSi. The second-order valence-electron chi connectivity index (χ2n) is 5.05. The summed E-state index contributed by atoms with van der Waals surface area (Å²) in [5.41, 5.74) is 6.07. The van der Waals surface area contributed by atoms with Gasteiger partial charge in [-0.1, -0.05) is 44.9 Å². The maximum absolute atomic E-state index is 6.03. The molecule has 0 spiro atoms. The van der Waals surface area contributed by atoms with Crippen molar-refractivity contribution >= 4 is 8.07 Å². The summed E-state index contributed by atoms with van der Waals surface area (Å²) in [5.74, 6) is 0. The molecule has 0 amide bonds. The van der Waals surface area contributed by atoms with Crippen molar-refractivity contribution in [2.45, 2.75) is 70.8 Å². The average Bonchev–Trinajstić information content (AvgIpc) is 2.06. The van der Waals surface area contributed by atoms with E-state index < -0.39 is 8.07 Å². The minimum Gasteiger partial charge on any atom is -0.326 e. The molecule has 0 aromatic rings. The number of hydrogen-bond acceptors (Lipinski definition) is 1. The Bertz CT molecular complexity index is 125. The molecule has 0 aliphatic heterocycles. The zero-order chi connectivity index (χ0) is 10.5. The third-order valence-electron chi connectivity index (χ3n) is 3.55. The van der Waals surface area contributed by atoms with E-state index >= 15 is 0 Å². The van der Waals surface area contributed by atoms with Crippen LogP contribution < -0.4 is 5.73 Å². The predicted octanol–water partition coefficient (Wildman–Crippen LogP) is 3.62. The average molecular weight is 201 g/mol. The van der Waals surface area contributed by atoms with Crippen LogP contribution in [-0.2, 0) is 0 Å². The second-order valence-corrected chi connectivity index (χ2v) is 10.7. The van der Waals surface area contributed by atoms with Gasteiger partial charge < -0.3 is 5.73 Å². The van der Waals surface area contributed by atoms with Crippen molar-refractivity contribution in [3.8, 4) is 0 Å². The summed E-state index contributed by atoms with van der Waals surface area (Å²) in [6.45, 7) is 11.4. The topological polar surface area (TPSA) is 26.0 Å². The third kappa shape index (κ3) is 4.82. The van der Waals surface area contributed by atoms with Gasteiger partial charge in [-0.3, -0.25) is 0 Å². The van der Waals surface area contributed by atoms with Gasteiger partial charge in [-0.05, 0) is 20.3 Å². The molecule has 2 heteroatoms. The lowest BCUT2D eigenvalue weighted by Gasteiger charge is -2.31. The van der Waals surface area contributed by atoms with E-state index in [-0.39, 0.29) is 5.54 Å². The largest absolute Gasteiger partial charge is 0.326 e. The summed E-state index contributed by atoms with van der Waals surface area (Å²) in [6.07, 6.45) is 1.20. The second kappa shape index (κ2) is 5.16. The van der Waals surface area contributed by atoms with Gasteiger partial charge in [0.25, 0.3) is 0 Å². The maximum atomic E-state index is 6.03. The molecule has 0 aliphatic rings. The molecule has 1 nitrogen and oxygen atoms in total. The zero-order valence-electron chi connectivity index (χ0n) is 10.1. The molecule has 0 radical (unpaired) electrons.